The topological polar surface area (TPSA) is 49.2 Å². The largest absolute Gasteiger partial charge is 0.496 e. The van der Waals surface area contributed by atoms with Gasteiger partial charge in [0.05, 0.1) is 23.1 Å². The van der Waals surface area contributed by atoms with Gasteiger partial charge in [-0.1, -0.05) is 19.9 Å². The third kappa shape index (κ3) is 3.48. The second kappa shape index (κ2) is 6.45. The van der Waals surface area contributed by atoms with Gasteiger partial charge in [-0.3, -0.25) is 9.67 Å². The minimum absolute atomic E-state index is 0.334. The minimum atomic E-state index is -0.370. The van der Waals surface area contributed by atoms with E-state index in [4.69, 9.17) is 9.31 Å². The zero-order chi connectivity index (χ0) is 17.3. The van der Waals surface area contributed by atoms with E-state index in [9.17, 15) is 0 Å². The molecule has 0 aromatic carbocycles. The molecule has 0 amide bonds. The third-order valence-electron chi connectivity index (χ3n) is 4.31. The van der Waals surface area contributed by atoms with Gasteiger partial charge in [-0.05, 0) is 33.8 Å². The van der Waals surface area contributed by atoms with E-state index in [0.29, 0.717) is 0 Å². The van der Waals surface area contributed by atoms with Crippen LogP contribution in [0.2, 0.25) is 0 Å². The van der Waals surface area contributed by atoms with Gasteiger partial charge >= 0.3 is 7.12 Å². The number of hydrogen-bond donors (Lipinski definition) is 0. The number of hydrogen-bond acceptors (Lipinski definition) is 4. The van der Waals surface area contributed by atoms with Crippen LogP contribution in [0.5, 0.6) is 0 Å². The normalized spacial score (nSPS) is 18.5. The van der Waals surface area contributed by atoms with Gasteiger partial charge in [0, 0.05) is 30.5 Å². The summed E-state index contributed by atoms with van der Waals surface area (Å²) in [4.78, 5) is 4.49. The molecule has 0 atom stereocenters. The molecule has 0 radical (unpaired) electrons. The second-order valence-electron chi connectivity index (χ2n) is 6.47. The van der Waals surface area contributed by atoms with E-state index in [1.807, 2.05) is 73.1 Å². The Morgan fingerprint density at radius 1 is 1.00 bits per heavy atom. The Kier molecular flexibility index (Phi) is 4.97. The van der Waals surface area contributed by atoms with Crippen molar-refractivity contribution in [3.05, 3.63) is 30.7 Å². The lowest BCUT2D eigenvalue weighted by molar-refractivity contribution is 0.00578. The minimum Gasteiger partial charge on any atom is -0.399 e. The average molecular weight is 315 g/mol. The molecule has 0 N–H and O–H groups in total. The summed E-state index contributed by atoms with van der Waals surface area (Å²) in [5, 5.41) is 4.16. The first-order valence-corrected chi connectivity index (χ1v) is 8.09. The van der Waals surface area contributed by atoms with E-state index < -0.39 is 0 Å². The first kappa shape index (κ1) is 17.7. The third-order valence-corrected chi connectivity index (χ3v) is 4.31. The number of pyridine rings is 1. The van der Waals surface area contributed by atoms with Crippen molar-refractivity contribution < 1.29 is 9.31 Å². The molecule has 0 bridgehead atoms. The maximum Gasteiger partial charge on any atom is 0.496 e. The lowest BCUT2D eigenvalue weighted by atomic mass is 9.80. The lowest BCUT2D eigenvalue weighted by Gasteiger charge is -2.32. The average Bonchev–Trinajstić information content (AvgIpc) is 3.03. The Morgan fingerprint density at radius 2 is 1.61 bits per heavy atom. The van der Waals surface area contributed by atoms with Gasteiger partial charge in [0.25, 0.3) is 0 Å². The van der Waals surface area contributed by atoms with Gasteiger partial charge < -0.3 is 9.31 Å². The summed E-state index contributed by atoms with van der Waals surface area (Å²) in [6, 6.07) is 3.97. The molecule has 1 aliphatic heterocycles. The molecule has 6 heteroatoms. The maximum absolute atomic E-state index is 6.02. The van der Waals surface area contributed by atoms with Crippen LogP contribution in [0, 0.1) is 0 Å². The van der Waals surface area contributed by atoms with Crippen LogP contribution in [0.25, 0.3) is 11.3 Å². The van der Waals surface area contributed by atoms with Crippen LogP contribution in [0.3, 0.4) is 0 Å². The van der Waals surface area contributed by atoms with Crippen molar-refractivity contribution >= 4 is 12.6 Å². The van der Waals surface area contributed by atoms with Crippen LogP contribution in [0.15, 0.2) is 30.7 Å². The lowest BCUT2D eigenvalue weighted by Crippen LogP contribution is -2.41. The van der Waals surface area contributed by atoms with Crippen molar-refractivity contribution in [3.8, 4) is 11.3 Å². The Balaban J connectivity index is 0.000000924. The van der Waals surface area contributed by atoms with Crippen LogP contribution >= 0.6 is 0 Å². The molecule has 23 heavy (non-hydrogen) atoms. The van der Waals surface area contributed by atoms with E-state index in [1.165, 1.54) is 0 Å². The van der Waals surface area contributed by atoms with Gasteiger partial charge in [-0.2, -0.15) is 5.10 Å². The molecule has 1 aliphatic rings. The van der Waals surface area contributed by atoms with Crippen molar-refractivity contribution in [2.45, 2.75) is 52.7 Å². The van der Waals surface area contributed by atoms with Crippen molar-refractivity contribution in [2.24, 2.45) is 7.05 Å². The Labute approximate surface area is 139 Å². The van der Waals surface area contributed by atoms with Gasteiger partial charge in [0.2, 0.25) is 0 Å². The molecule has 3 rings (SSSR count). The predicted octanol–water partition coefficient (Wildman–Crippen LogP) is 2.81. The summed E-state index contributed by atoms with van der Waals surface area (Å²) in [6.07, 6.45) is 5.55. The molecule has 1 saturated heterocycles. The first-order valence-electron chi connectivity index (χ1n) is 8.09. The van der Waals surface area contributed by atoms with Gasteiger partial charge in [-0.25, -0.2) is 0 Å². The van der Waals surface area contributed by atoms with E-state index in [1.54, 1.807) is 10.9 Å². The quantitative estimate of drug-likeness (QED) is 0.800. The fourth-order valence-corrected chi connectivity index (χ4v) is 2.25. The highest BCUT2D eigenvalue weighted by atomic mass is 16.7. The van der Waals surface area contributed by atoms with Crippen LogP contribution in [0.1, 0.15) is 41.5 Å². The standard InChI is InChI=1S/C15H20BN3O2.C2H6/c1-14(2)15(3,4)21-16(20-14)12-6-7-13(17-9-12)11-8-18-19(5)10-11;1-2/h6-10H,1-5H3;1-2H3. The zero-order valence-corrected chi connectivity index (χ0v) is 15.1. The number of aromatic nitrogens is 3. The van der Waals surface area contributed by atoms with Crippen molar-refractivity contribution in [3.63, 3.8) is 0 Å². The van der Waals surface area contributed by atoms with Gasteiger partial charge in [0.1, 0.15) is 0 Å². The second-order valence-corrected chi connectivity index (χ2v) is 6.47. The predicted molar refractivity (Wildman–Crippen MR) is 93.5 cm³/mol. The molecule has 1 fully saturated rings. The molecule has 124 valence electrons. The summed E-state index contributed by atoms with van der Waals surface area (Å²) >= 11 is 0. The monoisotopic (exact) mass is 315 g/mol. The fourth-order valence-electron chi connectivity index (χ4n) is 2.25. The van der Waals surface area contributed by atoms with E-state index in [-0.39, 0.29) is 18.3 Å². The fraction of sp³-hybridized carbons (Fsp3) is 0.529. The van der Waals surface area contributed by atoms with Crippen LogP contribution in [-0.4, -0.2) is 33.1 Å². The van der Waals surface area contributed by atoms with Crippen molar-refractivity contribution in [2.75, 3.05) is 0 Å². The Hall–Kier alpha value is -1.66. The van der Waals surface area contributed by atoms with Crippen LogP contribution in [0.4, 0.5) is 0 Å². The van der Waals surface area contributed by atoms with Crippen LogP contribution in [-0.2, 0) is 16.4 Å². The highest BCUT2D eigenvalue weighted by Crippen LogP contribution is 2.36. The van der Waals surface area contributed by atoms with E-state index >= 15 is 0 Å². The molecule has 5 nitrogen and oxygen atoms in total. The van der Waals surface area contributed by atoms with Gasteiger partial charge in [0.15, 0.2) is 0 Å². The number of rotatable bonds is 2. The van der Waals surface area contributed by atoms with Crippen molar-refractivity contribution in [1.29, 1.82) is 0 Å². The summed E-state index contributed by atoms with van der Waals surface area (Å²) in [5.74, 6) is 0. The smallest absolute Gasteiger partial charge is 0.399 e. The number of aryl methyl sites for hydroxylation is 1. The highest BCUT2D eigenvalue weighted by molar-refractivity contribution is 6.62. The molecule has 3 heterocycles. The van der Waals surface area contributed by atoms with E-state index in [2.05, 4.69) is 10.1 Å². The Bertz CT molecular complexity index is 634. The van der Waals surface area contributed by atoms with Crippen molar-refractivity contribution in [1.82, 2.24) is 14.8 Å². The summed E-state index contributed by atoms with van der Waals surface area (Å²) in [7, 11) is 1.52. The Morgan fingerprint density at radius 3 is 2.04 bits per heavy atom. The number of nitrogens with zero attached hydrogens (tertiary/aromatic N) is 3. The van der Waals surface area contributed by atoms with Gasteiger partial charge in [-0.15, -0.1) is 0 Å². The van der Waals surface area contributed by atoms with Crippen LogP contribution < -0.4 is 5.46 Å². The molecular formula is C17H26BN3O2. The molecule has 2 aromatic heterocycles. The summed E-state index contributed by atoms with van der Waals surface area (Å²) < 4.78 is 13.8. The molecular weight excluding hydrogens is 289 g/mol. The summed E-state index contributed by atoms with van der Waals surface area (Å²) in [5.41, 5.74) is 2.15. The van der Waals surface area contributed by atoms with E-state index in [0.717, 1.165) is 16.7 Å². The summed E-state index contributed by atoms with van der Waals surface area (Å²) in [6.45, 7) is 12.2. The molecule has 0 unspecified atom stereocenters. The molecule has 0 spiro atoms. The zero-order valence-electron chi connectivity index (χ0n) is 15.1. The highest BCUT2D eigenvalue weighted by Gasteiger charge is 2.51. The molecule has 0 aliphatic carbocycles. The maximum atomic E-state index is 6.02. The molecule has 0 saturated carbocycles. The SMILES string of the molecule is CC.Cn1cc(-c2ccc(B3OC(C)(C)C(C)(C)O3)cn2)cn1. The first-order chi connectivity index (χ1) is 10.8. The molecule has 2 aromatic rings.